The lowest BCUT2D eigenvalue weighted by atomic mass is 9.96. The average molecular weight is 317 g/mol. The highest BCUT2D eigenvalue weighted by molar-refractivity contribution is 7.18. The Morgan fingerprint density at radius 1 is 0.818 bits per heavy atom. The van der Waals surface area contributed by atoms with E-state index in [2.05, 4.69) is 38.4 Å². The van der Waals surface area contributed by atoms with Crippen molar-refractivity contribution in [1.82, 2.24) is 4.90 Å². The van der Waals surface area contributed by atoms with Gasteiger partial charge in [0.05, 0.1) is 18.5 Å². The van der Waals surface area contributed by atoms with E-state index >= 15 is 0 Å². The van der Waals surface area contributed by atoms with Crippen molar-refractivity contribution in [2.24, 2.45) is 0 Å². The van der Waals surface area contributed by atoms with Crippen molar-refractivity contribution in [1.29, 1.82) is 0 Å². The summed E-state index contributed by atoms with van der Waals surface area (Å²) in [6.07, 6.45) is 0.794. The Labute approximate surface area is 134 Å². The van der Waals surface area contributed by atoms with Gasteiger partial charge in [-0.25, -0.2) is 0 Å². The second kappa shape index (κ2) is 8.40. The molecule has 0 radical (unpaired) electrons. The third-order valence-corrected chi connectivity index (χ3v) is 4.80. The predicted molar refractivity (Wildman–Crippen MR) is 93.7 cm³/mol. The first kappa shape index (κ1) is 17.1. The molecule has 0 aliphatic carbocycles. The molecule has 0 saturated carbocycles. The van der Waals surface area contributed by atoms with Crippen LogP contribution < -0.4 is 0 Å². The van der Waals surface area contributed by atoms with Crippen LogP contribution >= 0.6 is 9.24 Å². The minimum Gasteiger partial charge on any atom is -0.395 e. The van der Waals surface area contributed by atoms with Gasteiger partial charge in [0.15, 0.2) is 0 Å². The van der Waals surface area contributed by atoms with E-state index < -0.39 is 0 Å². The maximum Gasteiger partial charge on any atom is 0.0642 e. The molecule has 118 valence electrons. The summed E-state index contributed by atoms with van der Waals surface area (Å²) < 4.78 is 0. The number of aliphatic hydroxyl groups is 2. The molecule has 0 saturated heterocycles. The Balaban J connectivity index is 2.38. The monoisotopic (exact) mass is 317 g/mol. The average Bonchev–Trinajstić information content (AvgIpc) is 2.56. The number of hydrogen-bond donors (Lipinski definition) is 2. The van der Waals surface area contributed by atoms with Crippen molar-refractivity contribution in [2.45, 2.75) is 11.7 Å². The lowest BCUT2D eigenvalue weighted by molar-refractivity contribution is 0.102. The number of hydrogen-bond acceptors (Lipinski definition) is 3. The predicted octanol–water partition coefficient (Wildman–Crippen LogP) is 2.24. The Morgan fingerprint density at radius 3 is 1.82 bits per heavy atom. The molecule has 0 aliphatic rings. The molecule has 0 aliphatic heterocycles. The summed E-state index contributed by atoms with van der Waals surface area (Å²) in [7, 11) is 2.95. The van der Waals surface area contributed by atoms with Crippen molar-refractivity contribution in [3.63, 3.8) is 0 Å². The van der Waals surface area contributed by atoms with Crippen LogP contribution in [0, 0.1) is 0 Å². The topological polar surface area (TPSA) is 43.7 Å². The van der Waals surface area contributed by atoms with Crippen molar-refractivity contribution in [2.75, 3.05) is 26.3 Å². The van der Waals surface area contributed by atoms with E-state index in [0.717, 1.165) is 12.0 Å². The largest absolute Gasteiger partial charge is 0.395 e. The van der Waals surface area contributed by atoms with Crippen LogP contribution in [-0.4, -0.2) is 41.4 Å². The molecule has 0 bridgehead atoms. The van der Waals surface area contributed by atoms with Gasteiger partial charge in [-0.05, 0) is 17.5 Å². The van der Waals surface area contributed by atoms with Crippen LogP contribution in [0.3, 0.4) is 0 Å². The standard InChI is InChI=1S/C18H24NO2P/c20-13-11-19(12-14-21)18(22,17-9-5-2-6-10-17)15-16-7-3-1-4-8-16/h1-10,20-21H,11-15,22H2. The van der Waals surface area contributed by atoms with Gasteiger partial charge in [0.2, 0.25) is 0 Å². The molecule has 2 rings (SSSR count). The van der Waals surface area contributed by atoms with E-state index in [9.17, 15) is 10.2 Å². The maximum absolute atomic E-state index is 9.41. The van der Waals surface area contributed by atoms with Gasteiger partial charge in [0.1, 0.15) is 0 Å². The molecule has 2 atom stereocenters. The second-order valence-electron chi connectivity index (χ2n) is 5.39. The fourth-order valence-electron chi connectivity index (χ4n) is 2.78. The summed E-state index contributed by atoms with van der Waals surface area (Å²) in [5, 5.41) is 18.5. The van der Waals surface area contributed by atoms with Crippen LogP contribution in [0.25, 0.3) is 0 Å². The molecule has 22 heavy (non-hydrogen) atoms. The van der Waals surface area contributed by atoms with Crippen LogP contribution in [0.4, 0.5) is 0 Å². The van der Waals surface area contributed by atoms with Crippen LogP contribution in [-0.2, 0) is 11.7 Å². The van der Waals surface area contributed by atoms with Gasteiger partial charge in [-0.3, -0.25) is 4.90 Å². The van der Waals surface area contributed by atoms with Crippen molar-refractivity contribution < 1.29 is 10.2 Å². The molecule has 4 heteroatoms. The molecule has 2 aromatic rings. The second-order valence-corrected chi connectivity index (χ2v) is 6.34. The lowest BCUT2D eigenvalue weighted by Gasteiger charge is -2.41. The maximum atomic E-state index is 9.41. The Kier molecular flexibility index (Phi) is 6.53. The van der Waals surface area contributed by atoms with E-state index in [0.29, 0.717) is 13.1 Å². The number of nitrogens with zero attached hydrogens (tertiary/aromatic N) is 1. The fourth-order valence-corrected chi connectivity index (χ4v) is 3.47. The number of rotatable bonds is 8. The van der Waals surface area contributed by atoms with Gasteiger partial charge < -0.3 is 10.2 Å². The quantitative estimate of drug-likeness (QED) is 0.734. The van der Waals surface area contributed by atoms with E-state index in [1.165, 1.54) is 5.56 Å². The smallest absolute Gasteiger partial charge is 0.0642 e. The Morgan fingerprint density at radius 2 is 1.32 bits per heavy atom. The first-order valence-corrected chi connectivity index (χ1v) is 8.13. The SMILES string of the molecule is OCCN(CCO)C(P)(Cc1ccccc1)c1ccccc1. The highest BCUT2D eigenvalue weighted by atomic mass is 31.0. The summed E-state index contributed by atoms with van der Waals surface area (Å²) in [5.41, 5.74) is 2.38. The molecular weight excluding hydrogens is 293 g/mol. The van der Waals surface area contributed by atoms with Crippen LogP contribution in [0.15, 0.2) is 60.7 Å². The van der Waals surface area contributed by atoms with Crippen LogP contribution in [0.2, 0.25) is 0 Å². The molecule has 0 fully saturated rings. The fraction of sp³-hybridized carbons (Fsp3) is 0.333. The highest BCUT2D eigenvalue weighted by Crippen LogP contribution is 2.38. The minimum atomic E-state index is -0.353. The van der Waals surface area contributed by atoms with Gasteiger partial charge in [-0.15, -0.1) is 9.24 Å². The van der Waals surface area contributed by atoms with E-state index in [1.807, 2.05) is 36.4 Å². The Hall–Kier alpha value is -1.25. The molecule has 0 aromatic heterocycles. The van der Waals surface area contributed by atoms with Crippen molar-refractivity contribution in [3.8, 4) is 0 Å². The summed E-state index contributed by atoms with van der Waals surface area (Å²) >= 11 is 0. The molecule has 0 heterocycles. The number of benzene rings is 2. The first-order valence-electron chi connectivity index (χ1n) is 7.56. The lowest BCUT2D eigenvalue weighted by Crippen LogP contribution is -2.46. The van der Waals surface area contributed by atoms with Crippen LogP contribution in [0.1, 0.15) is 11.1 Å². The van der Waals surface area contributed by atoms with Crippen molar-refractivity contribution in [3.05, 3.63) is 71.8 Å². The third kappa shape index (κ3) is 4.15. The first-order chi connectivity index (χ1) is 10.7. The molecule has 0 amide bonds. The zero-order valence-corrected chi connectivity index (χ0v) is 13.9. The zero-order chi connectivity index (χ0) is 15.8. The molecule has 2 N–H and O–H groups in total. The van der Waals surface area contributed by atoms with Gasteiger partial charge in [0.25, 0.3) is 0 Å². The molecule has 3 nitrogen and oxygen atoms in total. The van der Waals surface area contributed by atoms with Gasteiger partial charge >= 0.3 is 0 Å². The van der Waals surface area contributed by atoms with Crippen molar-refractivity contribution >= 4 is 9.24 Å². The summed E-state index contributed by atoms with van der Waals surface area (Å²) in [4.78, 5) is 2.12. The molecule has 0 spiro atoms. The van der Waals surface area contributed by atoms with Crippen LogP contribution in [0.5, 0.6) is 0 Å². The normalized spacial score (nSPS) is 14.0. The number of aliphatic hydroxyl groups excluding tert-OH is 2. The minimum absolute atomic E-state index is 0.0672. The summed E-state index contributed by atoms with van der Waals surface area (Å²) in [5.74, 6) is 0. The third-order valence-electron chi connectivity index (χ3n) is 3.89. The van der Waals surface area contributed by atoms with E-state index in [-0.39, 0.29) is 18.5 Å². The molecule has 2 aromatic carbocycles. The van der Waals surface area contributed by atoms with E-state index in [4.69, 9.17) is 0 Å². The molecular formula is C18H24NO2P. The molecule has 2 unspecified atom stereocenters. The van der Waals surface area contributed by atoms with Gasteiger partial charge in [-0.2, -0.15) is 0 Å². The van der Waals surface area contributed by atoms with E-state index in [1.54, 1.807) is 0 Å². The van der Waals surface area contributed by atoms with Gasteiger partial charge in [-0.1, -0.05) is 60.7 Å². The summed E-state index contributed by atoms with van der Waals surface area (Å²) in [6, 6.07) is 20.5. The Bertz CT molecular complexity index is 544. The van der Waals surface area contributed by atoms with Gasteiger partial charge in [0, 0.05) is 13.1 Å². The summed E-state index contributed by atoms with van der Waals surface area (Å²) in [6.45, 7) is 1.17. The zero-order valence-electron chi connectivity index (χ0n) is 12.7. The highest BCUT2D eigenvalue weighted by Gasteiger charge is 2.33.